The normalized spacial score (nSPS) is 11.1. The van der Waals surface area contributed by atoms with Gasteiger partial charge in [-0.2, -0.15) is 5.10 Å². The topological polar surface area (TPSA) is 101 Å². The molecule has 0 N–H and O–H groups in total. The molecule has 0 atom stereocenters. The zero-order valence-corrected chi connectivity index (χ0v) is 19.9. The summed E-state index contributed by atoms with van der Waals surface area (Å²) < 4.78 is 14.0. The van der Waals surface area contributed by atoms with Crippen LogP contribution in [0.2, 0.25) is 0 Å². The Balaban J connectivity index is 1.27. The van der Waals surface area contributed by atoms with Gasteiger partial charge in [0.2, 0.25) is 0 Å². The fourth-order valence-electron chi connectivity index (χ4n) is 3.33. The Hall–Kier alpha value is -3.83. The Morgan fingerprint density at radius 3 is 2.74 bits per heavy atom. The number of rotatable bonds is 7. The molecule has 0 unspecified atom stereocenters. The summed E-state index contributed by atoms with van der Waals surface area (Å²) in [6.45, 7) is -0.197. The van der Waals surface area contributed by atoms with Crippen molar-refractivity contribution < 1.29 is 14.3 Å². The molecule has 11 heteroatoms. The maximum absolute atomic E-state index is 12.9. The lowest BCUT2D eigenvalue weighted by Crippen LogP contribution is -2.25. The molecule has 5 rings (SSSR count). The van der Waals surface area contributed by atoms with Crippen molar-refractivity contribution in [1.29, 1.82) is 0 Å². The fourth-order valence-corrected chi connectivity index (χ4v) is 5.18. The van der Waals surface area contributed by atoms with Crippen LogP contribution >= 0.6 is 22.7 Å². The SMILES string of the molecule is COc1ccc(-c2cc3ncn(CC(=O)OCc4csc(-c5cnn(C)c5)n4)c(=O)c3s2)cc1. The molecule has 172 valence electrons. The molecule has 0 spiro atoms. The van der Waals surface area contributed by atoms with Crippen LogP contribution in [0, 0.1) is 0 Å². The lowest BCUT2D eigenvalue weighted by Gasteiger charge is -2.05. The van der Waals surface area contributed by atoms with Crippen LogP contribution in [0.4, 0.5) is 0 Å². The Kier molecular flexibility index (Phi) is 5.95. The minimum absolute atomic E-state index is 0.0284. The van der Waals surface area contributed by atoms with E-state index in [1.165, 1.54) is 33.6 Å². The number of benzene rings is 1. The second kappa shape index (κ2) is 9.20. The number of carbonyl (C=O) groups is 1. The lowest BCUT2D eigenvalue weighted by molar-refractivity contribution is -0.145. The number of fused-ring (bicyclic) bond motifs is 1. The molecule has 34 heavy (non-hydrogen) atoms. The van der Waals surface area contributed by atoms with E-state index < -0.39 is 5.97 Å². The lowest BCUT2D eigenvalue weighted by atomic mass is 10.2. The third-order valence-electron chi connectivity index (χ3n) is 5.06. The van der Waals surface area contributed by atoms with Crippen LogP contribution in [0.1, 0.15) is 5.69 Å². The number of methoxy groups -OCH3 is 1. The Morgan fingerprint density at radius 2 is 2.00 bits per heavy atom. The molecule has 9 nitrogen and oxygen atoms in total. The van der Waals surface area contributed by atoms with Gasteiger partial charge < -0.3 is 9.47 Å². The van der Waals surface area contributed by atoms with Crippen molar-refractivity contribution in [2.75, 3.05) is 7.11 Å². The fraction of sp³-hybridized carbons (Fsp3) is 0.174. The Labute approximate surface area is 201 Å². The highest BCUT2D eigenvalue weighted by Crippen LogP contribution is 2.31. The van der Waals surface area contributed by atoms with Gasteiger partial charge in [0.1, 0.15) is 28.6 Å². The van der Waals surface area contributed by atoms with Gasteiger partial charge in [-0.25, -0.2) is 9.97 Å². The summed E-state index contributed by atoms with van der Waals surface area (Å²) in [6, 6.07) is 9.45. The molecule has 0 saturated heterocycles. The molecule has 0 aliphatic carbocycles. The molecular weight excluding hydrogens is 474 g/mol. The highest BCUT2D eigenvalue weighted by molar-refractivity contribution is 7.22. The number of thiophene rings is 1. The van der Waals surface area contributed by atoms with Gasteiger partial charge in [-0.3, -0.25) is 18.8 Å². The summed E-state index contributed by atoms with van der Waals surface area (Å²) in [5.74, 6) is 0.223. The van der Waals surface area contributed by atoms with Gasteiger partial charge in [-0.15, -0.1) is 22.7 Å². The van der Waals surface area contributed by atoms with Crippen LogP contribution < -0.4 is 10.3 Å². The number of hydrogen-bond donors (Lipinski definition) is 0. The second-order valence-electron chi connectivity index (χ2n) is 7.44. The first kappa shape index (κ1) is 22.0. The molecule has 4 aromatic heterocycles. The molecule has 0 aliphatic rings. The Morgan fingerprint density at radius 1 is 1.18 bits per heavy atom. The van der Waals surface area contributed by atoms with Gasteiger partial charge in [0.15, 0.2) is 0 Å². The van der Waals surface area contributed by atoms with Crippen LogP contribution in [-0.2, 0) is 29.7 Å². The second-order valence-corrected chi connectivity index (χ2v) is 9.35. The summed E-state index contributed by atoms with van der Waals surface area (Å²) >= 11 is 2.79. The van der Waals surface area contributed by atoms with E-state index in [0.29, 0.717) is 15.9 Å². The predicted molar refractivity (Wildman–Crippen MR) is 130 cm³/mol. The standard InChI is InChI=1S/C23H19N5O4S2/c1-27-9-15(8-25-27)22-26-16(12-33-22)11-32-20(29)10-28-13-24-18-7-19(34-21(18)23(28)30)14-3-5-17(31-2)6-4-14/h3-9,12-13H,10-11H2,1-2H3. The van der Waals surface area contributed by atoms with E-state index >= 15 is 0 Å². The minimum atomic E-state index is -0.536. The monoisotopic (exact) mass is 493 g/mol. The average Bonchev–Trinajstić information content (AvgIpc) is 3.59. The number of thiazole rings is 1. The van der Waals surface area contributed by atoms with Crippen LogP contribution in [0.5, 0.6) is 5.75 Å². The zero-order valence-electron chi connectivity index (χ0n) is 18.3. The number of carbonyl (C=O) groups excluding carboxylic acids is 1. The number of hydrogen-bond acceptors (Lipinski definition) is 9. The third-order valence-corrected chi connectivity index (χ3v) is 7.16. The summed E-state index contributed by atoms with van der Waals surface area (Å²) in [6.07, 6.45) is 4.98. The largest absolute Gasteiger partial charge is 0.497 e. The number of esters is 1. The van der Waals surface area contributed by atoms with Gasteiger partial charge in [0.25, 0.3) is 5.56 Å². The van der Waals surface area contributed by atoms with E-state index in [-0.39, 0.29) is 18.7 Å². The first-order valence-electron chi connectivity index (χ1n) is 10.2. The van der Waals surface area contributed by atoms with E-state index in [4.69, 9.17) is 9.47 Å². The van der Waals surface area contributed by atoms with Crippen LogP contribution in [0.3, 0.4) is 0 Å². The number of aromatic nitrogens is 5. The van der Waals surface area contributed by atoms with Crippen molar-refractivity contribution in [2.45, 2.75) is 13.2 Å². The molecule has 0 bridgehead atoms. The van der Waals surface area contributed by atoms with E-state index in [0.717, 1.165) is 26.8 Å². The summed E-state index contributed by atoms with van der Waals surface area (Å²) in [7, 11) is 3.45. The van der Waals surface area contributed by atoms with E-state index in [1.807, 2.05) is 49.0 Å². The molecular formula is C23H19N5O4S2. The molecule has 0 radical (unpaired) electrons. The quantitative estimate of drug-likeness (QED) is 0.318. The highest BCUT2D eigenvalue weighted by atomic mass is 32.1. The maximum atomic E-state index is 12.9. The molecule has 0 saturated carbocycles. The average molecular weight is 494 g/mol. The van der Waals surface area contributed by atoms with Gasteiger partial charge in [-0.1, -0.05) is 0 Å². The van der Waals surface area contributed by atoms with Crippen molar-refractivity contribution >= 4 is 38.9 Å². The summed E-state index contributed by atoms with van der Waals surface area (Å²) in [4.78, 5) is 35.1. The number of ether oxygens (including phenoxy) is 2. The van der Waals surface area contributed by atoms with Crippen molar-refractivity contribution in [1.82, 2.24) is 24.3 Å². The summed E-state index contributed by atoms with van der Waals surface area (Å²) in [5.41, 5.74) is 2.82. The van der Waals surface area contributed by atoms with Crippen LogP contribution in [-0.4, -0.2) is 37.4 Å². The van der Waals surface area contributed by atoms with Crippen molar-refractivity contribution in [3.8, 4) is 26.8 Å². The van der Waals surface area contributed by atoms with Gasteiger partial charge in [-0.05, 0) is 35.9 Å². The van der Waals surface area contributed by atoms with Crippen molar-refractivity contribution in [3.63, 3.8) is 0 Å². The van der Waals surface area contributed by atoms with Crippen molar-refractivity contribution in [3.05, 3.63) is 70.5 Å². The zero-order chi connectivity index (χ0) is 23.7. The Bertz CT molecular complexity index is 1530. The van der Waals surface area contributed by atoms with Crippen LogP contribution in [0.15, 0.2) is 59.2 Å². The van der Waals surface area contributed by atoms with E-state index in [2.05, 4.69) is 15.1 Å². The van der Waals surface area contributed by atoms with Crippen LogP contribution in [0.25, 0.3) is 31.2 Å². The van der Waals surface area contributed by atoms with Crippen molar-refractivity contribution in [2.24, 2.45) is 7.05 Å². The predicted octanol–water partition coefficient (Wildman–Crippen LogP) is 3.73. The molecule has 0 amide bonds. The van der Waals surface area contributed by atoms with E-state index in [1.54, 1.807) is 18.0 Å². The molecule has 4 heterocycles. The number of aryl methyl sites for hydroxylation is 1. The first-order chi connectivity index (χ1) is 16.5. The van der Waals surface area contributed by atoms with Gasteiger partial charge in [0, 0.05) is 29.1 Å². The molecule has 1 aromatic carbocycles. The molecule has 0 aliphatic heterocycles. The first-order valence-corrected chi connectivity index (χ1v) is 11.9. The smallest absolute Gasteiger partial charge is 0.326 e. The highest BCUT2D eigenvalue weighted by Gasteiger charge is 2.14. The number of nitrogens with zero attached hydrogens (tertiary/aromatic N) is 5. The summed E-state index contributed by atoms with van der Waals surface area (Å²) in [5, 5.41) is 6.77. The maximum Gasteiger partial charge on any atom is 0.326 e. The van der Waals surface area contributed by atoms with E-state index in [9.17, 15) is 9.59 Å². The third kappa shape index (κ3) is 4.47. The molecule has 5 aromatic rings. The van der Waals surface area contributed by atoms with Gasteiger partial charge >= 0.3 is 5.97 Å². The minimum Gasteiger partial charge on any atom is -0.497 e. The molecule has 0 fully saturated rings. The van der Waals surface area contributed by atoms with Gasteiger partial charge in [0.05, 0.1) is 30.8 Å².